The molecule has 1 aliphatic heterocycles. The van der Waals surface area contributed by atoms with E-state index in [0.717, 1.165) is 29.1 Å². The maximum atomic E-state index is 13.1. The van der Waals surface area contributed by atoms with Gasteiger partial charge in [-0.15, -0.1) is 0 Å². The lowest BCUT2D eigenvalue weighted by atomic mass is 10.1. The second-order valence-electron chi connectivity index (χ2n) is 8.80. The SMILES string of the molecule is O=C(c1ccc(Nc2nccc(-c3ccc(Cl)cc3)n2)cc1)N1CCN(c2cccc(C(F)(F)F)c2)CC1. The quantitative estimate of drug-likeness (QED) is 0.314. The first-order chi connectivity index (χ1) is 18.3. The third-order valence-electron chi connectivity index (χ3n) is 6.29. The minimum atomic E-state index is -4.39. The van der Waals surface area contributed by atoms with E-state index in [2.05, 4.69) is 15.3 Å². The molecule has 0 spiro atoms. The average Bonchev–Trinajstić information content (AvgIpc) is 2.93. The Bertz CT molecular complexity index is 1420. The number of anilines is 3. The second kappa shape index (κ2) is 10.7. The molecular weight excluding hydrogens is 515 g/mol. The van der Waals surface area contributed by atoms with E-state index in [1.54, 1.807) is 53.6 Å². The molecule has 0 aliphatic carbocycles. The number of nitrogens with one attached hydrogen (secondary N) is 1. The third-order valence-corrected chi connectivity index (χ3v) is 6.54. The van der Waals surface area contributed by atoms with Crippen LogP contribution in [0.25, 0.3) is 11.3 Å². The summed E-state index contributed by atoms with van der Waals surface area (Å²) < 4.78 is 39.2. The summed E-state index contributed by atoms with van der Waals surface area (Å²) in [6.07, 6.45) is -2.73. The highest BCUT2D eigenvalue weighted by molar-refractivity contribution is 6.30. The number of amides is 1. The molecule has 2 heterocycles. The fourth-order valence-electron chi connectivity index (χ4n) is 4.25. The molecule has 1 saturated heterocycles. The van der Waals surface area contributed by atoms with E-state index in [4.69, 9.17) is 11.6 Å². The van der Waals surface area contributed by atoms with Crippen LogP contribution in [0.15, 0.2) is 85.1 Å². The van der Waals surface area contributed by atoms with Gasteiger partial charge in [0.1, 0.15) is 0 Å². The average molecular weight is 538 g/mol. The van der Waals surface area contributed by atoms with Gasteiger partial charge in [0.25, 0.3) is 5.91 Å². The monoisotopic (exact) mass is 537 g/mol. The largest absolute Gasteiger partial charge is 0.416 e. The van der Waals surface area contributed by atoms with E-state index in [-0.39, 0.29) is 5.91 Å². The first-order valence-electron chi connectivity index (χ1n) is 11.9. The van der Waals surface area contributed by atoms with Crippen molar-refractivity contribution in [3.8, 4) is 11.3 Å². The number of benzene rings is 3. The molecule has 1 aromatic heterocycles. The van der Waals surface area contributed by atoms with Crippen molar-refractivity contribution in [3.05, 3.63) is 101 Å². The molecule has 5 rings (SSSR count). The molecule has 0 bridgehead atoms. The normalized spacial score (nSPS) is 13.9. The number of rotatable bonds is 5. The van der Waals surface area contributed by atoms with E-state index in [1.807, 2.05) is 23.1 Å². The lowest BCUT2D eigenvalue weighted by Crippen LogP contribution is -2.48. The fourth-order valence-corrected chi connectivity index (χ4v) is 4.38. The molecule has 38 heavy (non-hydrogen) atoms. The topological polar surface area (TPSA) is 61.4 Å². The van der Waals surface area contributed by atoms with Crippen LogP contribution in [-0.4, -0.2) is 47.0 Å². The van der Waals surface area contributed by atoms with Gasteiger partial charge in [-0.25, -0.2) is 9.97 Å². The molecule has 1 fully saturated rings. The molecule has 0 radical (unpaired) electrons. The summed E-state index contributed by atoms with van der Waals surface area (Å²) in [5, 5.41) is 3.80. The predicted molar refractivity (Wildman–Crippen MR) is 142 cm³/mol. The van der Waals surface area contributed by atoms with Crippen molar-refractivity contribution in [2.75, 3.05) is 36.4 Å². The van der Waals surface area contributed by atoms with Crippen molar-refractivity contribution >= 4 is 34.8 Å². The van der Waals surface area contributed by atoms with Gasteiger partial charge < -0.3 is 15.1 Å². The van der Waals surface area contributed by atoms with Crippen LogP contribution in [0.4, 0.5) is 30.5 Å². The van der Waals surface area contributed by atoms with Gasteiger partial charge in [0, 0.05) is 59.9 Å². The number of halogens is 4. The summed E-state index contributed by atoms with van der Waals surface area (Å²) in [6, 6.07) is 21.5. The molecule has 10 heteroatoms. The lowest BCUT2D eigenvalue weighted by Gasteiger charge is -2.36. The van der Waals surface area contributed by atoms with Crippen LogP contribution >= 0.6 is 11.6 Å². The van der Waals surface area contributed by atoms with Crippen LogP contribution in [0, 0.1) is 0 Å². The number of carbonyl (C=O) groups is 1. The molecule has 0 unspecified atom stereocenters. The van der Waals surface area contributed by atoms with Crippen molar-refractivity contribution in [1.29, 1.82) is 0 Å². The number of hydrogen-bond donors (Lipinski definition) is 1. The molecule has 0 atom stereocenters. The first kappa shape index (κ1) is 25.5. The van der Waals surface area contributed by atoms with Crippen LogP contribution < -0.4 is 10.2 Å². The van der Waals surface area contributed by atoms with Gasteiger partial charge in [-0.05, 0) is 60.7 Å². The third kappa shape index (κ3) is 5.89. The highest BCUT2D eigenvalue weighted by Gasteiger charge is 2.31. The Kier molecular flexibility index (Phi) is 7.20. The summed E-state index contributed by atoms with van der Waals surface area (Å²) in [6.45, 7) is 1.74. The zero-order valence-electron chi connectivity index (χ0n) is 20.1. The maximum Gasteiger partial charge on any atom is 0.416 e. The summed E-state index contributed by atoms with van der Waals surface area (Å²) in [5.74, 6) is 0.295. The Hall–Kier alpha value is -4.11. The highest BCUT2D eigenvalue weighted by Crippen LogP contribution is 2.32. The van der Waals surface area contributed by atoms with Crippen LogP contribution in [0.5, 0.6) is 0 Å². The minimum absolute atomic E-state index is 0.124. The zero-order valence-corrected chi connectivity index (χ0v) is 20.9. The number of aromatic nitrogens is 2. The Morgan fingerprint density at radius 3 is 2.29 bits per heavy atom. The van der Waals surface area contributed by atoms with E-state index in [0.29, 0.717) is 48.4 Å². The Labute approximate surface area is 222 Å². The van der Waals surface area contributed by atoms with Gasteiger partial charge in [-0.1, -0.05) is 29.8 Å². The van der Waals surface area contributed by atoms with Crippen molar-refractivity contribution in [2.45, 2.75) is 6.18 Å². The van der Waals surface area contributed by atoms with Crippen LogP contribution in [0.1, 0.15) is 15.9 Å². The number of carbonyl (C=O) groups excluding carboxylic acids is 1. The van der Waals surface area contributed by atoms with Crippen molar-refractivity contribution in [2.24, 2.45) is 0 Å². The van der Waals surface area contributed by atoms with Crippen LogP contribution in [0.2, 0.25) is 5.02 Å². The van der Waals surface area contributed by atoms with E-state index >= 15 is 0 Å². The van der Waals surface area contributed by atoms with Gasteiger partial charge in [0.05, 0.1) is 11.3 Å². The number of hydrogen-bond acceptors (Lipinski definition) is 5. The lowest BCUT2D eigenvalue weighted by molar-refractivity contribution is -0.137. The second-order valence-corrected chi connectivity index (χ2v) is 9.24. The molecule has 1 N–H and O–H groups in total. The van der Waals surface area contributed by atoms with Gasteiger partial charge in [0.2, 0.25) is 5.95 Å². The Balaban J connectivity index is 1.19. The predicted octanol–water partition coefficient (Wildman–Crippen LogP) is 6.52. The van der Waals surface area contributed by atoms with Crippen molar-refractivity contribution < 1.29 is 18.0 Å². The molecular formula is C28H23ClF3N5O. The first-order valence-corrected chi connectivity index (χ1v) is 12.3. The van der Waals surface area contributed by atoms with E-state index in [9.17, 15) is 18.0 Å². The van der Waals surface area contributed by atoms with E-state index in [1.165, 1.54) is 6.07 Å². The number of nitrogens with zero attached hydrogens (tertiary/aromatic N) is 4. The van der Waals surface area contributed by atoms with Crippen molar-refractivity contribution in [1.82, 2.24) is 14.9 Å². The summed E-state index contributed by atoms with van der Waals surface area (Å²) in [7, 11) is 0. The highest BCUT2D eigenvalue weighted by atomic mass is 35.5. The van der Waals surface area contributed by atoms with Gasteiger partial charge >= 0.3 is 6.18 Å². The minimum Gasteiger partial charge on any atom is -0.368 e. The fraction of sp³-hybridized carbons (Fsp3) is 0.179. The zero-order chi connectivity index (χ0) is 26.7. The molecule has 4 aromatic rings. The van der Waals surface area contributed by atoms with Crippen molar-refractivity contribution in [3.63, 3.8) is 0 Å². The number of piperazine rings is 1. The standard InChI is InChI=1S/C28H23ClF3N5O/c29-22-8-4-19(5-9-22)25-12-13-33-27(35-25)34-23-10-6-20(7-11-23)26(38)37-16-14-36(15-17-37)24-3-1-2-21(18-24)28(30,31)32/h1-13,18H,14-17H2,(H,33,34,35). The summed E-state index contributed by atoms with van der Waals surface area (Å²) >= 11 is 5.96. The molecule has 1 aliphatic rings. The van der Waals surface area contributed by atoms with Gasteiger partial charge in [-0.2, -0.15) is 13.2 Å². The van der Waals surface area contributed by atoms with Crippen LogP contribution in [-0.2, 0) is 6.18 Å². The molecule has 194 valence electrons. The molecule has 3 aromatic carbocycles. The van der Waals surface area contributed by atoms with Gasteiger partial charge in [-0.3, -0.25) is 4.79 Å². The Morgan fingerprint density at radius 2 is 1.61 bits per heavy atom. The van der Waals surface area contributed by atoms with Crippen LogP contribution in [0.3, 0.4) is 0 Å². The Morgan fingerprint density at radius 1 is 0.895 bits per heavy atom. The van der Waals surface area contributed by atoms with E-state index < -0.39 is 11.7 Å². The summed E-state index contributed by atoms with van der Waals surface area (Å²) in [5.41, 5.74) is 2.74. The molecule has 6 nitrogen and oxygen atoms in total. The molecule has 0 saturated carbocycles. The smallest absolute Gasteiger partial charge is 0.368 e. The maximum absolute atomic E-state index is 13.1. The molecule has 1 amide bonds. The van der Waals surface area contributed by atoms with Gasteiger partial charge in [0.15, 0.2) is 0 Å². The summed E-state index contributed by atoms with van der Waals surface area (Å²) in [4.78, 5) is 25.4. The number of alkyl halides is 3.